The zero-order valence-corrected chi connectivity index (χ0v) is 11.4. The number of amides is 1. The molecule has 0 radical (unpaired) electrons. The van der Waals surface area contributed by atoms with E-state index in [0.29, 0.717) is 18.0 Å². The van der Waals surface area contributed by atoms with Crippen molar-refractivity contribution in [1.29, 1.82) is 0 Å². The van der Waals surface area contributed by atoms with E-state index >= 15 is 0 Å². The zero-order valence-electron chi connectivity index (χ0n) is 11.4. The van der Waals surface area contributed by atoms with Gasteiger partial charge in [-0.05, 0) is 24.7 Å². The van der Waals surface area contributed by atoms with Crippen molar-refractivity contribution in [3.63, 3.8) is 0 Å². The molecule has 0 bridgehead atoms. The van der Waals surface area contributed by atoms with E-state index in [1.54, 1.807) is 13.2 Å². The molecule has 104 valence electrons. The van der Waals surface area contributed by atoms with Crippen molar-refractivity contribution in [2.45, 2.75) is 6.54 Å². The molecule has 0 aliphatic rings. The van der Waals surface area contributed by atoms with Crippen LogP contribution in [0.4, 0.5) is 0 Å². The third-order valence-electron chi connectivity index (χ3n) is 2.41. The highest BCUT2D eigenvalue weighted by molar-refractivity contribution is 5.77. The number of hydrogen-bond acceptors (Lipinski definition) is 4. The minimum Gasteiger partial charge on any atom is -0.493 e. The summed E-state index contributed by atoms with van der Waals surface area (Å²) in [5.41, 5.74) is 1.06. The van der Waals surface area contributed by atoms with E-state index < -0.39 is 0 Å². The van der Waals surface area contributed by atoms with Crippen LogP contribution in [0.3, 0.4) is 0 Å². The molecule has 0 saturated heterocycles. The van der Waals surface area contributed by atoms with E-state index in [4.69, 9.17) is 9.47 Å². The van der Waals surface area contributed by atoms with Gasteiger partial charge in [0.2, 0.25) is 0 Å². The average Bonchev–Trinajstić information content (AvgIpc) is 2.43. The highest BCUT2D eigenvalue weighted by atomic mass is 16.5. The van der Waals surface area contributed by atoms with Gasteiger partial charge in [-0.15, -0.1) is 6.58 Å². The molecule has 0 aromatic heterocycles. The molecule has 0 aliphatic carbocycles. The van der Waals surface area contributed by atoms with Gasteiger partial charge in [0.1, 0.15) is 0 Å². The van der Waals surface area contributed by atoms with Crippen LogP contribution in [-0.4, -0.2) is 33.2 Å². The Kier molecular flexibility index (Phi) is 6.46. The summed E-state index contributed by atoms with van der Waals surface area (Å²) in [5, 5.41) is 5.70. The molecule has 0 spiro atoms. The lowest BCUT2D eigenvalue weighted by Gasteiger charge is -2.12. The summed E-state index contributed by atoms with van der Waals surface area (Å²) in [5.74, 6) is 0.973. The second-order valence-corrected chi connectivity index (χ2v) is 3.90. The molecule has 0 fully saturated rings. The second-order valence-electron chi connectivity index (χ2n) is 3.90. The van der Waals surface area contributed by atoms with E-state index in [2.05, 4.69) is 17.2 Å². The van der Waals surface area contributed by atoms with Crippen LogP contribution in [0.1, 0.15) is 5.56 Å². The molecule has 0 saturated carbocycles. The lowest BCUT2D eigenvalue weighted by molar-refractivity contribution is -0.122. The van der Waals surface area contributed by atoms with Gasteiger partial charge < -0.3 is 20.1 Å². The maximum atomic E-state index is 11.4. The Labute approximate surface area is 113 Å². The maximum Gasteiger partial charge on any atom is 0.258 e. The molecular weight excluding hydrogens is 244 g/mol. The molecule has 2 N–H and O–H groups in total. The topological polar surface area (TPSA) is 59.6 Å². The fourth-order valence-electron chi connectivity index (χ4n) is 1.53. The molecule has 0 unspecified atom stereocenters. The van der Waals surface area contributed by atoms with Crippen LogP contribution in [0.2, 0.25) is 0 Å². The Hall–Kier alpha value is -2.01. The van der Waals surface area contributed by atoms with E-state index in [1.165, 1.54) is 0 Å². The van der Waals surface area contributed by atoms with E-state index in [9.17, 15) is 4.79 Å². The Morgan fingerprint density at radius 3 is 2.84 bits per heavy atom. The lowest BCUT2D eigenvalue weighted by Crippen LogP contribution is -2.28. The molecule has 5 nitrogen and oxygen atoms in total. The predicted octanol–water partition coefficient (Wildman–Crippen LogP) is 1.10. The quantitative estimate of drug-likeness (QED) is 0.690. The fraction of sp³-hybridized carbons (Fsp3) is 0.357. The second kappa shape index (κ2) is 8.16. The number of hydrogen-bond donors (Lipinski definition) is 2. The number of rotatable bonds is 8. The van der Waals surface area contributed by atoms with E-state index in [-0.39, 0.29) is 12.5 Å². The highest BCUT2D eigenvalue weighted by Crippen LogP contribution is 2.27. The van der Waals surface area contributed by atoms with Crippen molar-refractivity contribution in [2.24, 2.45) is 0 Å². The van der Waals surface area contributed by atoms with Crippen LogP contribution >= 0.6 is 0 Å². The molecule has 1 aromatic rings. The first-order valence-corrected chi connectivity index (χ1v) is 6.03. The van der Waals surface area contributed by atoms with Crippen LogP contribution in [0, 0.1) is 0 Å². The van der Waals surface area contributed by atoms with Crippen molar-refractivity contribution >= 4 is 5.91 Å². The number of ether oxygens (including phenoxy) is 2. The zero-order chi connectivity index (χ0) is 14.1. The van der Waals surface area contributed by atoms with E-state index in [0.717, 1.165) is 12.1 Å². The summed E-state index contributed by atoms with van der Waals surface area (Å²) in [6.07, 6.45) is 1.62. The van der Waals surface area contributed by atoms with Gasteiger partial charge in [0.05, 0.1) is 7.11 Å². The summed E-state index contributed by atoms with van der Waals surface area (Å²) >= 11 is 0. The number of nitrogens with one attached hydrogen (secondary N) is 2. The minimum atomic E-state index is -0.194. The van der Waals surface area contributed by atoms with Crippen molar-refractivity contribution in [1.82, 2.24) is 10.6 Å². The first kappa shape index (κ1) is 15.0. The Morgan fingerprint density at radius 1 is 1.42 bits per heavy atom. The van der Waals surface area contributed by atoms with Crippen molar-refractivity contribution in [3.8, 4) is 11.5 Å². The maximum absolute atomic E-state index is 11.4. The third-order valence-corrected chi connectivity index (χ3v) is 2.41. The van der Waals surface area contributed by atoms with Gasteiger partial charge in [-0.2, -0.15) is 0 Å². The Balaban J connectivity index is 2.66. The van der Waals surface area contributed by atoms with Gasteiger partial charge in [-0.25, -0.2) is 0 Å². The summed E-state index contributed by atoms with van der Waals surface area (Å²) in [6.45, 7) is 4.63. The van der Waals surface area contributed by atoms with Gasteiger partial charge in [0.15, 0.2) is 18.1 Å². The summed E-state index contributed by atoms with van der Waals surface area (Å²) in [7, 11) is 3.44. The van der Waals surface area contributed by atoms with Crippen LogP contribution < -0.4 is 20.1 Å². The molecule has 0 heterocycles. The van der Waals surface area contributed by atoms with Gasteiger partial charge >= 0.3 is 0 Å². The van der Waals surface area contributed by atoms with Gasteiger partial charge in [0.25, 0.3) is 5.91 Å². The normalized spacial score (nSPS) is 9.79. The molecule has 1 rings (SSSR count). The summed E-state index contributed by atoms with van der Waals surface area (Å²) in [6, 6.07) is 5.62. The lowest BCUT2D eigenvalue weighted by atomic mass is 10.2. The standard InChI is InChI=1S/C14H20N2O3/c1-4-7-16-14(17)10-19-13-8-11(9-15-2)5-6-12(13)18-3/h4-6,8,15H,1,7,9-10H2,2-3H3,(H,16,17). The van der Waals surface area contributed by atoms with E-state index in [1.807, 2.05) is 25.2 Å². The molecule has 0 atom stereocenters. The van der Waals surface area contributed by atoms with Gasteiger partial charge in [-0.1, -0.05) is 12.1 Å². The van der Waals surface area contributed by atoms with Crippen molar-refractivity contribution in [3.05, 3.63) is 36.4 Å². The average molecular weight is 264 g/mol. The van der Waals surface area contributed by atoms with Crippen LogP contribution in [0.15, 0.2) is 30.9 Å². The third kappa shape index (κ3) is 5.01. The summed E-state index contributed by atoms with van der Waals surface area (Å²) < 4.78 is 10.7. The van der Waals surface area contributed by atoms with Crippen LogP contribution in [0.5, 0.6) is 11.5 Å². The number of benzene rings is 1. The van der Waals surface area contributed by atoms with Gasteiger partial charge in [0, 0.05) is 13.1 Å². The number of methoxy groups -OCH3 is 1. The van der Waals surface area contributed by atoms with Crippen LogP contribution in [0.25, 0.3) is 0 Å². The molecular formula is C14H20N2O3. The van der Waals surface area contributed by atoms with Gasteiger partial charge in [-0.3, -0.25) is 4.79 Å². The smallest absolute Gasteiger partial charge is 0.258 e. The fourth-order valence-corrected chi connectivity index (χ4v) is 1.53. The Bertz CT molecular complexity index is 433. The van der Waals surface area contributed by atoms with Crippen molar-refractivity contribution in [2.75, 3.05) is 27.3 Å². The van der Waals surface area contributed by atoms with Crippen molar-refractivity contribution < 1.29 is 14.3 Å². The number of carbonyl (C=O) groups is 1. The molecule has 1 aromatic carbocycles. The predicted molar refractivity (Wildman–Crippen MR) is 74.5 cm³/mol. The Morgan fingerprint density at radius 2 is 2.21 bits per heavy atom. The molecule has 5 heteroatoms. The highest BCUT2D eigenvalue weighted by Gasteiger charge is 2.08. The molecule has 1 amide bonds. The molecule has 0 aliphatic heterocycles. The summed E-state index contributed by atoms with van der Waals surface area (Å²) in [4.78, 5) is 11.4. The van der Waals surface area contributed by atoms with Crippen LogP contribution in [-0.2, 0) is 11.3 Å². The SMILES string of the molecule is C=CCNC(=O)COc1cc(CNC)ccc1OC. The molecule has 19 heavy (non-hydrogen) atoms. The monoisotopic (exact) mass is 264 g/mol. The first-order valence-electron chi connectivity index (χ1n) is 6.03. The first-order chi connectivity index (χ1) is 9.21. The largest absolute Gasteiger partial charge is 0.493 e. The minimum absolute atomic E-state index is 0.0484. The number of carbonyl (C=O) groups excluding carboxylic acids is 1.